The van der Waals surface area contributed by atoms with Crippen LogP contribution in [0.15, 0.2) is 59.3 Å². The number of H-pyrrole nitrogens is 1. The summed E-state index contributed by atoms with van der Waals surface area (Å²) in [7, 11) is 0. The molecule has 1 atom stereocenters. The number of furan rings is 1. The molecule has 118 valence electrons. The first-order valence-corrected chi connectivity index (χ1v) is 7.39. The van der Waals surface area contributed by atoms with Crippen molar-refractivity contribution in [1.29, 1.82) is 0 Å². The third-order valence-electron chi connectivity index (χ3n) is 3.54. The standard InChI is InChI=1S/C17H18N4O2/c1-12(16-3-2-10-23-16)20-17(22)18-11-13-4-6-14(7-5-13)15-8-9-19-21-15/h2-10,12H,11H2,1H3,(H,19,21)(H2,18,20,22)/t12-/m0/s1. The zero-order valence-electron chi connectivity index (χ0n) is 12.7. The molecule has 0 bridgehead atoms. The Bertz CT molecular complexity index is 734. The first-order chi connectivity index (χ1) is 11.2. The molecule has 0 aliphatic rings. The molecular formula is C17H18N4O2. The number of carbonyl (C=O) groups is 1. The maximum Gasteiger partial charge on any atom is 0.315 e. The van der Waals surface area contributed by atoms with Crippen LogP contribution in [0.1, 0.15) is 24.3 Å². The van der Waals surface area contributed by atoms with Crippen molar-refractivity contribution in [3.8, 4) is 11.3 Å². The van der Waals surface area contributed by atoms with Crippen LogP contribution in [0.25, 0.3) is 11.3 Å². The molecule has 0 spiro atoms. The lowest BCUT2D eigenvalue weighted by molar-refractivity contribution is 0.235. The molecule has 0 fully saturated rings. The monoisotopic (exact) mass is 310 g/mol. The Balaban J connectivity index is 1.51. The topological polar surface area (TPSA) is 83.0 Å². The number of urea groups is 1. The third kappa shape index (κ3) is 3.79. The van der Waals surface area contributed by atoms with Gasteiger partial charge >= 0.3 is 6.03 Å². The van der Waals surface area contributed by atoms with Gasteiger partial charge in [0.15, 0.2) is 0 Å². The lowest BCUT2D eigenvalue weighted by Gasteiger charge is -2.12. The molecule has 6 nitrogen and oxygen atoms in total. The van der Waals surface area contributed by atoms with Gasteiger partial charge in [0.2, 0.25) is 0 Å². The van der Waals surface area contributed by atoms with Crippen molar-refractivity contribution in [2.45, 2.75) is 19.5 Å². The molecule has 3 rings (SSSR count). The SMILES string of the molecule is C[C@H](NC(=O)NCc1ccc(-c2ccn[nH]2)cc1)c1ccco1. The molecule has 2 amide bonds. The minimum atomic E-state index is -0.230. The summed E-state index contributed by atoms with van der Waals surface area (Å²) in [5.74, 6) is 0.726. The summed E-state index contributed by atoms with van der Waals surface area (Å²) in [6.45, 7) is 2.33. The molecule has 2 heterocycles. The molecule has 1 aromatic carbocycles. The van der Waals surface area contributed by atoms with Crippen molar-refractivity contribution in [3.05, 3.63) is 66.2 Å². The summed E-state index contributed by atoms with van der Waals surface area (Å²) >= 11 is 0. The Hall–Kier alpha value is -3.02. The zero-order valence-corrected chi connectivity index (χ0v) is 12.7. The summed E-state index contributed by atoms with van der Waals surface area (Å²) in [5, 5.41) is 12.5. The predicted molar refractivity (Wildman–Crippen MR) is 86.5 cm³/mol. The number of nitrogens with zero attached hydrogens (tertiary/aromatic N) is 1. The Morgan fingerprint density at radius 3 is 2.74 bits per heavy atom. The zero-order chi connectivity index (χ0) is 16.1. The highest BCUT2D eigenvalue weighted by molar-refractivity contribution is 5.74. The lowest BCUT2D eigenvalue weighted by atomic mass is 10.1. The van der Waals surface area contributed by atoms with Gasteiger partial charge in [0, 0.05) is 12.7 Å². The smallest absolute Gasteiger partial charge is 0.315 e. The van der Waals surface area contributed by atoms with E-state index in [1.54, 1.807) is 18.5 Å². The van der Waals surface area contributed by atoms with E-state index in [-0.39, 0.29) is 12.1 Å². The molecule has 0 unspecified atom stereocenters. The quantitative estimate of drug-likeness (QED) is 0.676. The molecule has 3 aromatic rings. The maximum atomic E-state index is 11.9. The number of aromatic nitrogens is 2. The highest BCUT2D eigenvalue weighted by Gasteiger charge is 2.11. The van der Waals surface area contributed by atoms with Gasteiger partial charge in [0.05, 0.1) is 18.0 Å². The van der Waals surface area contributed by atoms with E-state index < -0.39 is 0 Å². The van der Waals surface area contributed by atoms with E-state index in [0.717, 1.165) is 22.6 Å². The maximum absolute atomic E-state index is 11.9. The number of hydrogen-bond acceptors (Lipinski definition) is 3. The number of hydrogen-bond donors (Lipinski definition) is 3. The van der Waals surface area contributed by atoms with Crippen LogP contribution in [-0.4, -0.2) is 16.2 Å². The third-order valence-corrected chi connectivity index (χ3v) is 3.54. The number of carbonyl (C=O) groups excluding carboxylic acids is 1. The fraction of sp³-hybridized carbons (Fsp3) is 0.176. The fourth-order valence-electron chi connectivity index (χ4n) is 2.26. The van der Waals surface area contributed by atoms with Gasteiger partial charge in [-0.25, -0.2) is 4.79 Å². The summed E-state index contributed by atoms with van der Waals surface area (Å²) in [5.41, 5.74) is 3.05. The van der Waals surface area contributed by atoms with E-state index in [1.165, 1.54) is 0 Å². The van der Waals surface area contributed by atoms with Crippen LogP contribution in [-0.2, 0) is 6.54 Å². The van der Waals surface area contributed by atoms with Gasteiger partial charge in [-0.2, -0.15) is 5.10 Å². The highest BCUT2D eigenvalue weighted by atomic mass is 16.3. The second kappa shape index (κ2) is 6.83. The molecule has 2 aromatic heterocycles. The number of amides is 2. The Morgan fingerprint density at radius 2 is 2.09 bits per heavy atom. The number of rotatable bonds is 5. The number of aromatic amines is 1. The Labute approximate surface area is 133 Å². The van der Waals surface area contributed by atoms with Crippen LogP contribution in [0.4, 0.5) is 4.79 Å². The molecule has 0 radical (unpaired) electrons. The average molecular weight is 310 g/mol. The number of benzene rings is 1. The van der Waals surface area contributed by atoms with Crippen LogP contribution < -0.4 is 10.6 Å². The summed E-state index contributed by atoms with van der Waals surface area (Å²) in [4.78, 5) is 11.9. The molecular weight excluding hydrogens is 292 g/mol. The molecule has 6 heteroatoms. The Kier molecular flexibility index (Phi) is 4.42. The van der Waals surface area contributed by atoms with E-state index in [0.29, 0.717) is 6.54 Å². The molecule has 0 aliphatic carbocycles. The molecule has 3 N–H and O–H groups in total. The minimum Gasteiger partial charge on any atom is -0.467 e. The molecule has 0 aliphatic heterocycles. The van der Waals surface area contributed by atoms with Crippen molar-refractivity contribution >= 4 is 6.03 Å². The van der Waals surface area contributed by atoms with Crippen LogP contribution in [0, 0.1) is 0 Å². The van der Waals surface area contributed by atoms with Gasteiger partial charge in [-0.1, -0.05) is 24.3 Å². The van der Waals surface area contributed by atoms with Gasteiger partial charge in [-0.15, -0.1) is 0 Å². The second-order valence-corrected chi connectivity index (χ2v) is 5.23. The lowest BCUT2D eigenvalue weighted by Crippen LogP contribution is -2.36. The normalized spacial score (nSPS) is 11.9. The van der Waals surface area contributed by atoms with E-state index in [9.17, 15) is 4.79 Å². The van der Waals surface area contributed by atoms with Crippen molar-refractivity contribution in [1.82, 2.24) is 20.8 Å². The fourth-order valence-corrected chi connectivity index (χ4v) is 2.26. The summed E-state index contributed by atoms with van der Waals surface area (Å²) < 4.78 is 5.26. The highest BCUT2D eigenvalue weighted by Crippen LogP contribution is 2.16. The van der Waals surface area contributed by atoms with Crippen LogP contribution in [0.2, 0.25) is 0 Å². The van der Waals surface area contributed by atoms with E-state index in [4.69, 9.17) is 4.42 Å². The largest absolute Gasteiger partial charge is 0.467 e. The van der Waals surface area contributed by atoms with E-state index >= 15 is 0 Å². The first-order valence-electron chi connectivity index (χ1n) is 7.39. The van der Waals surface area contributed by atoms with Gasteiger partial charge in [0.25, 0.3) is 0 Å². The summed E-state index contributed by atoms with van der Waals surface area (Å²) in [6.07, 6.45) is 3.31. The van der Waals surface area contributed by atoms with Gasteiger partial charge < -0.3 is 15.1 Å². The van der Waals surface area contributed by atoms with Crippen molar-refractivity contribution in [2.75, 3.05) is 0 Å². The van der Waals surface area contributed by atoms with Crippen molar-refractivity contribution in [2.24, 2.45) is 0 Å². The Morgan fingerprint density at radius 1 is 1.26 bits per heavy atom. The van der Waals surface area contributed by atoms with Crippen molar-refractivity contribution in [3.63, 3.8) is 0 Å². The van der Waals surface area contributed by atoms with Crippen LogP contribution >= 0.6 is 0 Å². The molecule has 0 saturated heterocycles. The summed E-state index contributed by atoms with van der Waals surface area (Å²) in [6, 6.07) is 13.1. The van der Waals surface area contributed by atoms with Gasteiger partial charge in [0.1, 0.15) is 5.76 Å². The number of nitrogens with one attached hydrogen (secondary N) is 3. The van der Waals surface area contributed by atoms with Crippen LogP contribution in [0.5, 0.6) is 0 Å². The van der Waals surface area contributed by atoms with Gasteiger partial charge in [-0.3, -0.25) is 5.10 Å². The van der Waals surface area contributed by atoms with Gasteiger partial charge in [-0.05, 0) is 36.2 Å². The van der Waals surface area contributed by atoms with Crippen LogP contribution in [0.3, 0.4) is 0 Å². The van der Waals surface area contributed by atoms with E-state index in [1.807, 2.05) is 43.3 Å². The molecule has 23 heavy (non-hydrogen) atoms. The first kappa shape index (κ1) is 14.9. The second-order valence-electron chi connectivity index (χ2n) is 5.23. The average Bonchev–Trinajstić information content (AvgIpc) is 3.26. The molecule has 0 saturated carbocycles. The van der Waals surface area contributed by atoms with E-state index in [2.05, 4.69) is 20.8 Å². The van der Waals surface area contributed by atoms with Crippen molar-refractivity contribution < 1.29 is 9.21 Å². The predicted octanol–water partition coefficient (Wildman–Crippen LogP) is 3.23. The minimum absolute atomic E-state index is 0.173.